The molecule has 0 rings (SSSR count). The first-order chi connectivity index (χ1) is 4.27. The summed E-state index contributed by atoms with van der Waals surface area (Å²) in [5, 5.41) is 10.0. The molecule has 0 radical (unpaired) electrons. The highest BCUT2D eigenvalue weighted by atomic mass is 16.4. The third-order valence-electron chi connectivity index (χ3n) is 0.560. The Bertz CT molecular complexity index is 155. The molecule has 0 aliphatic rings. The number of nitrogens with one attached hydrogen (secondary N) is 1. The van der Waals surface area contributed by atoms with Crippen LogP contribution in [0.25, 0.3) is 0 Å². The Morgan fingerprint density at radius 3 is 3.00 bits per heavy atom. The molecule has 0 saturated heterocycles. The maximum atomic E-state index is 9.75. The molecule has 0 aliphatic heterocycles. The van der Waals surface area contributed by atoms with Crippen LogP contribution in [0.3, 0.4) is 0 Å². The van der Waals surface area contributed by atoms with Crippen LogP contribution in [0, 0.1) is 12.3 Å². The third-order valence-corrected chi connectivity index (χ3v) is 0.560. The molecule has 2 N–H and O–H groups in total. The maximum absolute atomic E-state index is 9.75. The molecule has 0 unspecified atom stereocenters. The molecule has 0 fully saturated rings. The summed E-state index contributed by atoms with van der Waals surface area (Å²) in [6.45, 7) is 0. The Morgan fingerprint density at radius 1 is 1.89 bits per heavy atom. The Hall–Kier alpha value is -1.43. The van der Waals surface area contributed by atoms with Gasteiger partial charge in [-0.1, -0.05) is 6.08 Å². The highest BCUT2D eigenvalue weighted by molar-refractivity contribution is 5.65. The summed E-state index contributed by atoms with van der Waals surface area (Å²) < 4.78 is 0. The number of carbonyl (C=O) groups is 1. The Labute approximate surface area is 53.4 Å². The Morgan fingerprint density at radius 2 is 2.56 bits per heavy atom. The smallest absolute Gasteiger partial charge is 0.408 e. The van der Waals surface area contributed by atoms with Gasteiger partial charge in [-0.2, -0.15) is 0 Å². The van der Waals surface area contributed by atoms with Crippen LogP contribution in [-0.2, 0) is 0 Å². The van der Waals surface area contributed by atoms with Crippen molar-refractivity contribution in [3.63, 3.8) is 0 Å². The highest BCUT2D eigenvalue weighted by Crippen LogP contribution is 1.74. The van der Waals surface area contributed by atoms with E-state index in [9.17, 15) is 4.79 Å². The second-order valence-electron chi connectivity index (χ2n) is 1.26. The lowest BCUT2D eigenvalue weighted by Crippen LogP contribution is -2.12. The molecule has 3 heteroatoms. The molecule has 0 atom stereocenters. The molecule has 0 aliphatic carbocycles. The fourth-order valence-corrected chi connectivity index (χ4v) is 0.257. The Kier molecular flexibility index (Phi) is 3.97. The zero-order valence-electron chi connectivity index (χ0n) is 4.79. The molecule has 1 amide bonds. The number of amides is 1. The number of allylic oxidation sites excluding steroid dienone is 1. The summed E-state index contributed by atoms with van der Waals surface area (Å²) in [6.07, 6.45) is 7.08. The first kappa shape index (κ1) is 7.57. The van der Waals surface area contributed by atoms with Gasteiger partial charge in [0.1, 0.15) is 0 Å². The van der Waals surface area contributed by atoms with Crippen LogP contribution in [-0.4, -0.2) is 11.2 Å². The first-order valence-electron chi connectivity index (χ1n) is 2.35. The lowest BCUT2D eigenvalue weighted by molar-refractivity contribution is 0.198. The van der Waals surface area contributed by atoms with E-state index >= 15 is 0 Å². The summed E-state index contributed by atoms with van der Waals surface area (Å²) in [6, 6.07) is 0. The van der Waals surface area contributed by atoms with Gasteiger partial charge >= 0.3 is 6.09 Å². The molecule has 0 bridgehead atoms. The van der Waals surface area contributed by atoms with Crippen molar-refractivity contribution in [1.29, 1.82) is 0 Å². The van der Waals surface area contributed by atoms with Crippen molar-refractivity contribution in [2.75, 3.05) is 0 Å². The average molecular weight is 125 g/mol. The van der Waals surface area contributed by atoms with Crippen molar-refractivity contribution in [2.24, 2.45) is 0 Å². The van der Waals surface area contributed by atoms with Crippen LogP contribution in [0.15, 0.2) is 12.3 Å². The van der Waals surface area contributed by atoms with Crippen LogP contribution in [0.1, 0.15) is 6.42 Å². The van der Waals surface area contributed by atoms with Gasteiger partial charge in [-0.3, -0.25) is 5.32 Å². The monoisotopic (exact) mass is 125 g/mol. The van der Waals surface area contributed by atoms with Crippen molar-refractivity contribution in [3.8, 4) is 12.3 Å². The molecule has 0 heterocycles. The topological polar surface area (TPSA) is 49.3 Å². The molecule has 3 nitrogen and oxygen atoms in total. The van der Waals surface area contributed by atoms with Crippen LogP contribution < -0.4 is 5.32 Å². The summed E-state index contributed by atoms with van der Waals surface area (Å²) in [7, 11) is 0. The lowest BCUT2D eigenvalue weighted by Gasteiger charge is -1.85. The summed E-state index contributed by atoms with van der Waals surface area (Å²) in [5.41, 5.74) is 0. The zero-order chi connectivity index (χ0) is 7.11. The van der Waals surface area contributed by atoms with Gasteiger partial charge in [0.2, 0.25) is 0 Å². The summed E-state index contributed by atoms with van der Waals surface area (Å²) in [5.74, 6) is 2.32. The van der Waals surface area contributed by atoms with Crippen LogP contribution >= 0.6 is 0 Å². The normalized spacial score (nSPS) is 8.78. The molecule has 0 aromatic heterocycles. The number of rotatable bonds is 2. The lowest BCUT2D eigenvalue weighted by atomic mass is 10.4. The summed E-state index contributed by atoms with van der Waals surface area (Å²) >= 11 is 0. The molecule has 0 saturated carbocycles. The SMILES string of the molecule is C#CCC=CNC(=O)O. The van der Waals surface area contributed by atoms with Gasteiger partial charge in [-0.25, -0.2) is 4.79 Å². The van der Waals surface area contributed by atoms with E-state index in [1.807, 2.05) is 5.32 Å². The van der Waals surface area contributed by atoms with Crippen molar-refractivity contribution in [2.45, 2.75) is 6.42 Å². The highest BCUT2D eigenvalue weighted by Gasteiger charge is 1.82. The van der Waals surface area contributed by atoms with E-state index in [0.717, 1.165) is 0 Å². The predicted molar refractivity (Wildman–Crippen MR) is 33.8 cm³/mol. The molecule has 0 spiro atoms. The second-order valence-corrected chi connectivity index (χ2v) is 1.26. The van der Waals surface area contributed by atoms with E-state index in [4.69, 9.17) is 11.5 Å². The number of hydrogen-bond donors (Lipinski definition) is 2. The van der Waals surface area contributed by atoms with Gasteiger partial charge in [-0.15, -0.1) is 12.3 Å². The van der Waals surface area contributed by atoms with E-state index in [-0.39, 0.29) is 0 Å². The van der Waals surface area contributed by atoms with E-state index in [2.05, 4.69) is 5.92 Å². The number of hydrogen-bond acceptors (Lipinski definition) is 1. The van der Waals surface area contributed by atoms with Gasteiger partial charge in [-0.05, 0) is 0 Å². The molecule has 48 valence electrons. The molecular weight excluding hydrogens is 118 g/mol. The van der Waals surface area contributed by atoms with Crippen molar-refractivity contribution in [3.05, 3.63) is 12.3 Å². The minimum Gasteiger partial charge on any atom is -0.465 e. The minimum absolute atomic E-state index is 0.445. The quantitative estimate of drug-likeness (QED) is 0.536. The van der Waals surface area contributed by atoms with Gasteiger partial charge in [0.15, 0.2) is 0 Å². The number of terminal acetylenes is 1. The van der Waals surface area contributed by atoms with Crippen molar-refractivity contribution >= 4 is 6.09 Å². The largest absolute Gasteiger partial charge is 0.465 e. The van der Waals surface area contributed by atoms with E-state index in [1.54, 1.807) is 6.08 Å². The van der Waals surface area contributed by atoms with E-state index in [0.29, 0.717) is 6.42 Å². The van der Waals surface area contributed by atoms with Gasteiger partial charge in [0.05, 0.1) is 0 Å². The van der Waals surface area contributed by atoms with Crippen LogP contribution in [0.5, 0.6) is 0 Å². The van der Waals surface area contributed by atoms with Crippen LogP contribution in [0.2, 0.25) is 0 Å². The van der Waals surface area contributed by atoms with E-state index < -0.39 is 6.09 Å². The fraction of sp³-hybridized carbons (Fsp3) is 0.167. The molecule has 0 aromatic carbocycles. The van der Waals surface area contributed by atoms with Crippen molar-refractivity contribution in [1.82, 2.24) is 5.32 Å². The third kappa shape index (κ3) is 6.57. The standard InChI is InChI=1S/C6H7NO2/c1-2-3-4-5-7-6(8)9/h1,4-5,7H,3H2,(H,8,9). The maximum Gasteiger partial charge on any atom is 0.408 e. The minimum atomic E-state index is -1.08. The fourth-order valence-electron chi connectivity index (χ4n) is 0.257. The van der Waals surface area contributed by atoms with Crippen LogP contribution in [0.4, 0.5) is 4.79 Å². The van der Waals surface area contributed by atoms with Crippen molar-refractivity contribution < 1.29 is 9.90 Å². The second kappa shape index (κ2) is 4.72. The van der Waals surface area contributed by atoms with Gasteiger partial charge in [0, 0.05) is 12.6 Å². The molecular formula is C6H7NO2. The average Bonchev–Trinajstić information content (AvgIpc) is 1.80. The summed E-state index contributed by atoms with van der Waals surface area (Å²) in [4.78, 5) is 9.75. The zero-order valence-corrected chi connectivity index (χ0v) is 4.79. The van der Waals surface area contributed by atoms with Gasteiger partial charge in [0.25, 0.3) is 0 Å². The first-order valence-corrected chi connectivity index (χ1v) is 2.35. The predicted octanol–water partition coefficient (Wildman–Crippen LogP) is 0.791. The molecule has 9 heavy (non-hydrogen) atoms. The Balaban J connectivity index is 3.28. The van der Waals surface area contributed by atoms with E-state index in [1.165, 1.54) is 6.20 Å². The number of carboxylic acid groups (broad SMARTS) is 1. The van der Waals surface area contributed by atoms with Gasteiger partial charge < -0.3 is 5.11 Å². The molecule has 0 aromatic rings.